The Morgan fingerprint density at radius 3 is 2.52 bits per heavy atom. The second-order valence-corrected chi connectivity index (χ2v) is 9.10. The Morgan fingerprint density at radius 1 is 1.19 bits per heavy atom. The number of fused-ring (bicyclic) bond motifs is 1. The molecular formula is C21H22F4N2O4. The van der Waals surface area contributed by atoms with Crippen molar-refractivity contribution in [1.29, 1.82) is 0 Å². The molecule has 0 bridgehead atoms. The van der Waals surface area contributed by atoms with Gasteiger partial charge in [-0.25, -0.2) is 9.18 Å². The topological polar surface area (TPSA) is 67.9 Å². The van der Waals surface area contributed by atoms with Crippen molar-refractivity contribution in [2.45, 2.75) is 49.4 Å². The number of alkyl halides is 3. The minimum absolute atomic E-state index is 0.0674. The predicted octanol–water partition coefficient (Wildman–Crippen LogP) is 3.19. The summed E-state index contributed by atoms with van der Waals surface area (Å²) in [5.41, 5.74) is -2.66. The summed E-state index contributed by atoms with van der Waals surface area (Å²) in [7, 11) is 0. The molecule has 0 aromatic heterocycles. The summed E-state index contributed by atoms with van der Waals surface area (Å²) in [6.07, 6.45) is -4.27. The molecule has 1 N–H and O–H groups in total. The van der Waals surface area contributed by atoms with E-state index in [9.17, 15) is 27.2 Å². The molecule has 10 heteroatoms. The first kappa shape index (κ1) is 20.4. The fourth-order valence-electron chi connectivity index (χ4n) is 5.51. The van der Waals surface area contributed by atoms with E-state index in [1.807, 2.05) is 0 Å². The van der Waals surface area contributed by atoms with E-state index >= 15 is 0 Å². The summed E-state index contributed by atoms with van der Waals surface area (Å²) in [6, 6.07) is 3.43. The van der Waals surface area contributed by atoms with Crippen LogP contribution in [0.2, 0.25) is 0 Å². The summed E-state index contributed by atoms with van der Waals surface area (Å²) < 4.78 is 66.4. The van der Waals surface area contributed by atoms with E-state index in [1.54, 1.807) is 4.90 Å². The second kappa shape index (κ2) is 6.74. The number of halogens is 4. The zero-order valence-corrected chi connectivity index (χ0v) is 16.6. The van der Waals surface area contributed by atoms with Gasteiger partial charge in [-0.15, -0.1) is 0 Å². The number of carbonyl (C=O) groups excluding carboxylic acids is 2. The number of ether oxygens (including phenoxy) is 2. The van der Waals surface area contributed by atoms with Gasteiger partial charge in [-0.05, 0) is 43.9 Å². The highest BCUT2D eigenvalue weighted by Gasteiger charge is 2.64. The lowest BCUT2D eigenvalue weighted by Crippen LogP contribution is -2.60. The minimum Gasteiger partial charge on any atom is -0.477 e. The van der Waals surface area contributed by atoms with E-state index in [0.29, 0.717) is 12.8 Å². The van der Waals surface area contributed by atoms with Crippen molar-refractivity contribution in [2.75, 3.05) is 19.7 Å². The first-order chi connectivity index (χ1) is 14.6. The van der Waals surface area contributed by atoms with Gasteiger partial charge >= 0.3 is 12.3 Å². The van der Waals surface area contributed by atoms with Crippen LogP contribution in [0.25, 0.3) is 0 Å². The van der Waals surface area contributed by atoms with Crippen molar-refractivity contribution >= 4 is 12.0 Å². The van der Waals surface area contributed by atoms with Crippen molar-refractivity contribution < 1.29 is 36.6 Å². The maximum atomic E-state index is 14.2. The summed E-state index contributed by atoms with van der Waals surface area (Å²) in [4.78, 5) is 25.7. The lowest BCUT2D eigenvalue weighted by molar-refractivity contribution is -0.264. The average Bonchev–Trinajstić information content (AvgIpc) is 3.27. The van der Waals surface area contributed by atoms with Gasteiger partial charge in [0.05, 0.1) is 5.54 Å². The molecule has 1 spiro atoms. The zero-order valence-electron chi connectivity index (χ0n) is 16.6. The molecular weight excluding hydrogens is 420 g/mol. The quantitative estimate of drug-likeness (QED) is 0.715. The van der Waals surface area contributed by atoms with Gasteiger partial charge in [-0.2, -0.15) is 13.2 Å². The summed E-state index contributed by atoms with van der Waals surface area (Å²) >= 11 is 0. The molecule has 2 amide bonds. The number of cyclic esters (lactones) is 1. The number of rotatable bonds is 2. The Kier molecular flexibility index (Phi) is 4.43. The van der Waals surface area contributed by atoms with Crippen LogP contribution >= 0.6 is 0 Å². The average molecular weight is 442 g/mol. The fourth-order valence-corrected chi connectivity index (χ4v) is 5.51. The third-order valence-electron chi connectivity index (χ3n) is 7.18. The lowest BCUT2D eigenvalue weighted by atomic mass is 9.68. The number of nitrogens with zero attached hydrogens (tertiary/aromatic N) is 1. The van der Waals surface area contributed by atoms with Crippen LogP contribution in [0.1, 0.15) is 31.2 Å². The van der Waals surface area contributed by atoms with Crippen LogP contribution in [0.5, 0.6) is 5.75 Å². The smallest absolute Gasteiger partial charge is 0.428 e. The number of amides is 2. The molecule has 3 heterocycles. The van der Waals surface area contributed by atoms with Crippen LogP contribution in [0.3, 0.4) is 0 Å². The van der Waals surface area contributed by atoms with Gasteiger partial charge in [0.1, 0.15) is 18.2 Å². The van der Waals surface area contributed by atoms with E-state index in [4.69, 9.17) is 9.47 Å². The molecule has 4 aliphatic rings. The first-order valence-electron chi connectivity index (χ1n) is 10.4. The van der Waals surface area contributed by atoms with Crippen LogP contribution in [0, 0.1) is 17.7 Å². The van der Waals surface area contributed by atoms with Gasteiger partial charge in [0.2, 0.25) is 11.5 Å². The maximum Gasteiger partial charge on any atom is 0.428 e. The number of carbonyl (C=O) groups is 2. The van der Waals surface area contributed by atoms with Crippen molar-refractivity contribution in [2.24, 2.45) is 11.8 Å². The van der Waals surface area contributed by atoms with E-state index < -0.39 is 41.6 Å². The highest BCUT2D eigenvalue weighted by molar-refractivity contribution is 5.81. The number of hydrogen-bond donors (Lipinski definition) is 1. The Morgan fingerprint density at radius 2 is 1.90 bits per heavy atom. The van der Waals surface area contributed by atoms with Crippen LogP contribution in [-0.4, -0.2) is 53.9 Å². The van der Waals surface area contributed by atoms with Crippen LogP contribution in [0.4, 0.5) is 22.4 Å². The van der Waals surface area contributed by atoms with Crippen LogP contribution < -0.4 is 10.1 Å². The molecule has 168 valence electrons. The van der Waals surface area contributed by atoms with E-state index in [1.165, 1.54) is 6.07 Å². The molecule has 3 fully saturated rings. The van der Waals surface area contributed by atoms with E-state index in [-0.39, 0.29) is 55.7 Å². The number of benzene rings is 1. The van der Waals surface area contributed by atoms with Gasteiger partial charge in [0, 0.05) is 36.9 Å². The molecule has 1 saturated carbocycles. The van der Waals surface area contributed by atoms with E-state index in [0.717, 1.165) is 12.1 Å². The Bertz CT molecular complexity index is 922. The van der Waals surface area contributed by atoms with Gasteiger partial charge in [-0.3, -0.25) is 4.79 Å². The van der Waals surface area contributed by atoms with Crippen molar-refractivity contribution in [3.8, 4) is 5.75 Å². The largest absolute Gasteiger partial charge is 0.477 e. The van der Waals surface area contributed by atoms with Gasteiger partial charge in [0.25, 0.3) is 0 Å². The third-order valence-corrected chi connectivity index (χ3v) is 7.18. The third kappa shape index (κ3) is 3.22. The van der Waals surface area contributed by atoms with Gasteiger partial charge in [0.15, 0.2) is 0 Å². The fraction of sp³-hybridized carbons (Fsp3) is 0.619. The molecule has 5 rings (SSSR count). The number of nitrogens with one attached hydrogen (secondary N) is 1. The summed E-state index contributed by atoms with van der Waals surface area (Å²) in [5, 5.41) is 2.73. The molecule has 1 atom stereocenters. The zero-order chi connectivity index (χ0) is 22.0. The Balaban J connectivity index is 1.24. The molecule has 3 aliphatic heterocycles. The van der Waals surface area contributed by atoms with Gasteiger partial charge < -0.3 is 19.7 Å². The number of likely N-dealkylation sites (tertiary alicyclic amines) is 1. The Hall–Kier alpha value is -2.52. The standard InChI is InChI=1S/C21H22F4N2O4/c22-15-1-2-16-12(7-15)10-20(31-16,21(23,24)25)14-3-5-27(6-4-14)17(28)13-8-19(9-13)11-30-18(29)26-19/h1-2,7,13-14H,3-6,8-11H2,(H,26,29). The van der Waals surface area contributed by atoms with Gasteiger partial charge in [-0.1, -0.05) is 0 Å². The number of piperidine rings is 1. The normalized spacial score (nSPS) is 32.8. The number of alkyl carbamates (subject to hydrolysis) is 1. The highest BCUT2D eigenvalue weighted by Crippen LogP contribution is 2.51. The van der Waals surface area contributed by atoms with Crippen molar-refractivity contribution in [3.05, 3.63) is 29.6 Å². The van der Waals surface area contributed by atoms with Crippen molar-refractivity contribution in [1.82, 2.24) is 10.2 Å². The SMILES string of the molecule is O=C1NC2(CO1)CC(C(=O)N1CCC(C3(C(F)(F)F)Cc4cc(F)ccc4O3)CC1)C2. The minimum atomic E-state index is -4.62. The van der Waals surface area contributed by atoms with E-state index in [2.05, 4.69) is 5.32 Å². The molecule has 1 aromatic rings. The molecule has 2 saturated heterocycles. The summed E-state index contributed by atoms with van der Waals surface area (Å²) in [6.45, 7) is 0.661. The van der Waals surface area contributed by atoms with Crippen LogP contribution in [0.15, 0.2) is 18.2 Å². The predicted molar refractivity (Wildman–Crippen MR) is 98.8 cm³/mol. The molecule has 31 heavy (non-hydrogen) atoms. The molecule has 1 unspecified atom stereocenters. The molecule has 1 aliphatic carbocycles. The van der Waals surface area contributed by atoms with Crippen LogP contribution in [-0.2, 0) is 16.0 Å². The molecule has 0 radical (unpaired) electrons. The van der Waals surface area contributed by atoms with Crippen molar-refractivity contribution in [3.63, 3.8) is 0 Å². The lowest BCUT2D eigenvalue weighted by Gasteiger charge is -2.46. The monoisotopic (exact) mass is 442 g/mol. The summed E-state index contributed by atoms with van der Waals surface area (Å²) in [5.74, 6) is -1.71. The maximum absolute atomic E-state index is 14.2. The number of hydrogen-bond acceptors (Lipinski definition) is 4. The molecule has 1 aromatic carbocycles. The molecule has 6 nitrogen and oxygen atoms in total. The highest BCUT2D eigenvalue weighted by atomic mass is 19.4. The second-order valence-electron chi connectivity index (χ2n) is 9.10. The first-order valence-corrected chi connectivity index (χ1v) is 10.4. The Labute approximate surface area is 175 Å².